The van der Waals surface area contributed by atoms with E-state index in [4.69, 9.17) is 5.73 Å². The Morgan fingerprint density at radius 2 is 1.68 bits per heavy atom. The third kappa shape index (κ3) is 10.0. The zero-order valence-corrected chi connectivity index (χ0v) is 17.5. The number of rotatable bonds is 10. The van der Waals surface area contributed by atoms with Gasteiger partial charge in [0.2, 0.25) is 5.91 Å². The molecule has 0 fully saturated rings. The van der Waals surface area contributed by atoms with E-state index in [-0.39, 0.29) is 30.7 Å². The van der Waals surface area contributed by atoms with Gasteiger partial charge in [0.15, 0.2) is 0 Å². The number of amides is 1. The molecule has 0 heterocycles. The maximum atomic E-state index is 12.3. The molecule has 0 spiro atoms. The summed E-state index contributed by atoms with van der Waals surface area (Å²) in [6.07, 6.45) is 1.66. The van der Waals surface area contributed by atoms with Gasteiger partial charge in [-0.1, -0.05) is 58.0 Å². The number of likely N-dealkylation sites (N-methyl/N-ethyl adjacent to an activating group) is 1. The first-order valence-electron chi connectivity index (χ1n) is 8.79. The second-order valence-electron chi connectivity index (χ2n) is 6.55. The molecule has 25 heavy (non-hydrogen) atoms. The van der Waals surface area contributed by atoms with Crippen molar-refractivity contribution in [1.29, 1.82) is 0 Å². The van der Waals surface area contributed by atoms with E-state index in [1.807, 2.05) is 30.3 Å². The van der Waals surface area contributed by atoms with Crippen LogP contribution in [0.3, 0.4) is 0 Å². The van der Waals surface area contributed by atoms with Gasteiger partial charge in [0, 0.05) is 12.6 Å². The summed E-state index contributed by atoms with van der Waals surface area (Å²) in [6, 6.07) is 9.80. The molecule has 1 aromatic carbocycles. The highest BCUT2D eigenvalue weighted by Gasteiger charge is 2.20. The zero-order valence-electron chi connectivity index (χ0n) is 15.9. The lowest BCUT2D eigenvalue weighted by Crippen LogP contribution is -2.49. The minimum absolute atomic E-state index is 0. The second-order valence-corrected chi connectivity index (χ2v) is 6.55. The molecule has 3 N–H and O–H groups in total. The number of nitrogens with zero attached hydrogens (tertiary/aromatic N) is 1. The van der Waals surface area contributed by atoms with Crippen LogP contribution in [-0.2, 0) is 11.2 Å². The van der Waals surface area contributed by atoms with Crippen LogP contribution in [0.5, 0.6) is 0 Å². The maximum Gasteiger partial charge on any atom is 0.237 e. The van der Waals surface area contributed by atoms with Crippen molar-refractivity contribution in [2.45, 2.75) is 52.6 Å². The van der Waals surface area contributed by atoms with Gasteiger partial charge in [-0.3, -0.25) is 9.69 Å². The molecule has 0 saturated heterocycles. The molecule has 0 aliphatic heterocycles. The Kier molecular flexibility index (Phi) is 15.2. The molecule has 2 atom stereocenters. The van der Waals surface area contributed by atoms with E-state index in [0.717, 1.165) is 25.1 Å². The number of nitrogens with one attached hydrogen (secondary N) is 1. The fourth-order valence-electron chi connectivity index (χ4n) is 2.96. The molecule has 1 rings (SSSR count). The van der Waals surface area contributed by atoms with Gasteiger partial charge in [0.05, 0.1) is 6.04 Å². The number of benzene rings is 1. The first-order valence-corrected chi connectivity index (χ1v) is 8.79. The summed E-state index contributed by atoms with van der Waals surface area (Å²) in [5.41, 5.74) is 7.15. The Morgan fingerprint density at radius 1 is 1.12 bits per heavy atom. The Bertz CT molecular complexity index is 453. The molecule has 1 amide bonds. The van der Waals surface area contributed by atoms with Crippen LogP contribution in [0.4, 0.5) is 0 Å². The lowest BCUT2D eigenvalue weighted by molar-refractivity contribution is -0.122. The molecule has 146 valence electrons. The monoisotopic (exact) mass is 391 g/mol. The average molecular weight is 392 g/mol. The number of carbonyl (C=O) groups excluding carboxylic acids is 1. The van der Waals surface area contributed by atoms with Crippen molar-refractivity contribution in [1.82, 2.24) is 10.2 Å². The molecular weight excluding hydrogens is 357 g/mol. The quantitative estimate of drug-likeness (QED) is 0.643. The molecule has 4 nitrogen and oxygen atoms in total. The van der Waals surface area contributed by atoms with Crippen molar-refractivity contribution < 1.29 is 4.79 Å². The number of carbonyl (C=O) groups is 1. The smallest absolute Gasteiger partial charge is 0.237 e. The topological polar surface area (TPSA) is 58.4 Å². The SMILES string of the molecule is CCN(CC)C(CNC(=O)C(N)Cc1ccccc1)CC(C)C.Cl.Cl. The maximum absolute atomic E-state index is 12.3. The normalized spacial score (nSPS) is 12.9. The van der Waals surface area contributed by atoms with Crippen LogP contribution < -0.4 is 11.1 Å². The molecule has 1 aromatic rings. The van der Waals surface area contributed by atoms with Crippen molar-refractivity contribution in [2.24, 2.45) is 11.7 Å². The van der Waals surface area contributed by atoms with Gasteiger partial charge >= 0.3 is 0 Å². The van der Waals surface area contributed by atoms with E-state index in [2.05, 4.69) is 37.9 Å². The largest absolute Gasteiger partial charge is 0.353 e. The van der Waals surface area contributed by atoms with Crippen molar-refractivity contribution in [3.63, 3.8) is 0 Å². The predicted molar refractivity (Wildman–Crippen MR) is 112 cm³/mol. The molecule has 0 aromatic heterocycles. The van der Waals surface area contributed by atoms with E-state index in [0.29, 0.717) is 24.9 Å². The molecule has 2 unspecified atom stereocenters. The number of hydrogen-bond acceptors (Lipinski definition) is 3. The Balaban J connectivity index is 0. The summed E-state index contributed by atoms with van der Waals surface area (Å²) >= 11 is 0. The van der Waals surface area contributed by atoms with Crippen molar-refractivity contribution in [3.8, 4) is 0 Å². The fraction of sp³-hybridized carbons (Fsp3) is 0.632. The molecular formula is C19H35Cl2N3O. The van der Waals surface area contributed by atoms with E-state index in [1.165, 1.54) is 0 Å². The van der Waals surface area contributed by atoms with Crippen molar-refractivity contribution in [2.75, 3.05) is 19.6 Å². The molecule has 0 aliphatic carbocycles. The lowest BCUT2D eigenvalue weighted by Gasteiger charge is -2.31. The molecule has 0 saturated carbocycles. The molecule has 0 bridgehead atoms. The Hall–Kier alpha value is -0.810. The van der Waals surface area contributed by atoms with Crippen LogP contribution in [0, 0.1) is 5.92 Å². The van der Waals surface area contributed by atoms with Crippen LogP contribution in [-0.4, -0.2) is 42.5 Å². The van der Waals surface area contributed by atoms with Gasteiger partial charge in [-0.05, 0) is 37.4 Å². The molecule has 0 radical (unpaired) electrons. The van der Waals surface area contributed by atoms with Crippen molar-refractivity contribution >= 4 is 30.7 Å². The van der Waals surface area contributed by atoms with Crippen LogP contribution in [0.15, 0.2) is 30.3 Å². The number of nitrogens with two attached hydrogens (primary N) is 1. The first-order chi connectivity index (χ1) is 11.0. The molecule has 0 aliphatic rings. The van der Waals surface area contributed by atoms with Crippen LogP contribution in [0.1, 0.15) is 39.7 Å². The highest BCUT2D eigenvalue weighted by Crippen LogP contribution is 2.11. The van der Waals surface area contributed by atoms with E-state index >= 15 is 0 Å². The summed E-state index contributed by atoms with van der Waals surface area (Å²) < 4.78 is 0. The van der Waals surface area contributed by atoms with E-state index < -0.39 is 6.04 Å². The van der Waals surface area contributed by atoms with Crippen LogP contribution in [0.25, 0.3) is 0 Å². The Morgan fingerprint density at radius 3 is 2.16 bits per heavy atom. The van der Waals surface area contributed by atoms with Gasteiger partial charge in [0.1, 0.15) is 0 Å². The zero-order chi connectivity index (χ0) is 17.2. The standard InChI is InChI=1S/C19H33N3O.2ClH/c1-5-22(6-2)17(12-15(3)4)14-21-19(23)18(20)13-16-10-8-7-9-11-16;;/h7-11,15,17-18H,5-6,12-14,20H2,1-4H3,(H,21,23);2*1H. The summed E-state index contributed by atoms with van der Waals surface area (Å²) in [5.74, 6) is 0.547. The highest BCUT2D eigenvalue weighted by molar-refractivity contribution is 5.85. The van der Waals surface area contributed by atoms with Crippen molar-refractivity contribution in [3.05, 3.63) is 35.9 Å². The summed E-state index contributed by atoms with van der Waals surface area (Å²) in [6.45, 7) is 11.4. The third-order valence-corrected chi connectivity index (χ3v) is 4.22. The lowest BCUT2D eigenvalue weighted by atomic mass is 10.0. The Labute approximate surface area is 165 Å². The highest BCUT2D eigenvalue weighted by atomic mass is 35.5. The van der Waals surface area contributed by atoms with E-state index in [1.54, 1.807) is 0 Å². The minimum Gasteiger partial charge on any atom is -0.353 e. The summed E-state index contributed by atoms with van der Waals surface area (Å²) in [5, 5.41) is 3.05. The molecule has 6 heteroatoms. The van der Waals surface area contributed by atoms with Gasteiger partial charge < -0.3 is 11.1 Å². The van der Waals surface area contributed by atoms with Gasteiger partial charge in [-0.2, -0.15) is 0 Å². The second kappa shape index (κ2) is 14.4. The van der Waals surface area contributed by atoms with Crippen LogP contribution >= 0.6 is 24.8 Å². The summed E-state index contributed by atoms with van der Waals surface area (Å²) in [7, 11) is 0. The first kappa shape index (κ1) is 26.4. The van der Waals surface area contributed by atoms with Gasteiger partial charge in [-0.25, -0.2) is 0 Å². The number of halogens is 2. The van der Waals surface area contributed by atoms with Gasteiger partial charge in [0.25, 0.3) is 0 Å². The van der Waals surface area contributed by atoms with E-state index in [9.17, 15) is 4.79 Å². The van der Waals surface area contributed by atoms with Crippen LogP contribution in [0.2, 0.25) is 0 Å². The predicted octanol–water partition coefficient (Wildman–Crippen LogP) is 3.27. The number of hydrogen-bond donors (Lipinski definition) is 2. The fourth-order valence-corrected chi connectivity index (χ4v) is 2.96. The summed E-state index contributed by atoms with van der Waals surface area (Å²) in [4.78, 5) is 14.7. The average Bonchev–Trinajstić information content (AvgIpc) is 2.53. The minimum atomic E-state index is -0.492. The van der Waals surface area contributed by atoms with Gasteiger partial charge in [-0.15, -0.1) is 24.8 Å². The third-order valence-electron chi connectivity index (χ3n) is 4.22.